The van der Waals surface area contributed by atoms with Crippen LogP contribution in [0.5, 0.6) is 0 Å². The largest absolute Gasteiger partial charge is 0.279 e. The van der Waals surface area contributed by atoms with Crippen LogP contribution in [0.4, 0.5) is 0 Å². The van der Waals surface area contributed by atoms with Crippen molar-refractivity contribution in [3.05, 3.63) is 0 Å². The lowest BCUT2D eigenvalue weighted by Gasteiger charge is -2.26. The summed E-state index contributed by atoms with van der Waals surface area (Å²) in [7, 11) is -0.315. The summed E-state index contributed by atoms with van der Waals surface area (Å²) in [5.74, 6) is 0.102. The van der Waals surface area contributed by atoms with Gasteiger partial charge in [0.1, 0.15) is 0 Å². The van der Waals surface area contributed by atoms with Gasteiger partial charge in [0.25, 0.3) is 10.2 Å². The number of hydrogen-bond acceptors (Lipinski definition) is 3. The molecule has 0 amide bonds. The standard InChI is InChI=1S/C9H17N3O2S/c1-12(2)15(13,14)11-9-5-3-8(7-10)4-6-9/h8-9,11H,3-6H2,1-2H3. The van der Waals surface area contributed by atoms with E-state index in [2.05, 4.69) is 10.8 Å². The Morgan fingerprint density at radius 1 is 1.27 bits per heavy atom. The highest BCUT2D eigenvalue weighted by atomic mass is 32.2. The molecule has 0 radical (unpaired) electrons. The summed E-state index contributed by atoms with van der Waals surface area (Å²) in [6, 6.07) is 2.21. The van der Waals surface area contributed by atoms with E-state index in [4.69, 9.17) is 5.26 Å². The molecule has 1 rings (SSSR count). The topological polar surface area (TPSA) is 73.2 Å². The molecule has 1 fully saturated rings. The summed E-state index contributed by atoms with van der Waals surface area (Å²) >= 11 is 0. The molecule has 15 heavy (non-hydrogen) atoms. The summed E-state index contributed by atoms with van der Waals surface area (Å²) in [4.78, 5) is 0. The second-order valence-corrected chi connectivity index (χ2v) is 6.00. The summed E-state index contributed by atoms with van der Waals surface area (Å²) < 4.78 is 26.8. The van der Waals surface area contributed by atoms with Crippen LogP contribution in [0, 0.1) is 17.2 Å². The van der Waals surface area contributed by atoms with E-state index in [1.165, 1.54) is 18.4 Å². The molecule has 0 saturated heterocycles. The molecule has 1 aliphatic carbocycles. The maximum absolute atomic E-state index is 11.5. The molecule has 0 heterocycles. The molecule has 0 aromatic rings. The van der Waals surface area contributed by atoms with Crippen molar-refractivity contribution in [3.63, 3.8) is 0 Å². The highest BCUT2D eigenvalue weighted by molar-refractivity contribution is 7.87. The fourth-order valence-electron chi connectivity index (χ4n) is 1.66. The van der Waals surface area contributed by atoms with Gasteiger partial charge < -0.3 is 0 Å². The van der Waals surface area contributed by atoms with Gasteiger partial charge in [-0.3, -0.25) is 0 Å². The van der Waals surface area contributed by atoms with Gasteiger partial charge in [-0.25, -0.2) is 0 Å². The minimum absolute atomic E-state index is 0.0120. The first kappa shape index (κ1) is 12.4. The molecule has 1 N–H and O–H groups in total. The van der Waals surface area contributed by atoms with Gasteiger partial charge in [0.2, 0.25) is 0 Å². The van der Waals surface area contributed by atoms with Gasteiger partial charge in [-0.1, -0.05) is 0 Å². The third-order valence-corrected chi connectivity index (χ3v) is 4.30. The zero-order valence-electron chi connectivity index (χ0n) is 9.10. The fraction of sp³-hybridized carbons (Fsp3) is 0.889. The van der Waals surface area contributed by atoms with Crippen molar-refractivity contribution in [2.24, 2.45) is 5.92 Å². The van der Waals surface area contributed by atoms with Crippen molar-refractivity contribution >= 4 is 10.2 Å². The highest BCUT2D eigenvalue weighted by Gasteiger charge is 2.25. The molecular formula is C9H17N3O2S. The van der Waals surface area contributed by atoms with Crippen molar-refractivity contribution in [2.75, 3.05) is 14.1 Å². The van der Waals surface area contributed by atoms with Crippen LogP contribution >= 0.6 is 0 Å². The van der Waals surface area contributed by atoms with Crippen LogP contribution in [0.3, 0.4) is 0 Å². The summed E-state index contributed by atoms with van der Waals surface area (Å²) in [5, 5.41) is 8.70. The highest BCUT2D eigenvalue weighted by Crippen LogP contribution is 2.23. The molecule has 0 aromatic carbocycles. The molecule has 86 valence electrons. The first-order valence-corrected chi connectivity index (χ1v) is 6.49. The summed E-state index contributed by atoms with van der Waals surface area (Å²) in [6.45, 7) is 0. The third-order valence-electron chi connectivity index (χ3n) is 2.71. The Bertz CT molecular complexity index is 337. The van der Waals surface area contributed by atoms with Crippen LogP contribution in [-0.4, -0.2) is 32.9 Å². The molecule has 0 aliphatic heterocycles. The summed E-state index contributed by atoms with van der Waals surface area (Å²) in [6.07, 6.45) is 3.09. The van der Waals surface area contributed by atoms with E-state index in [0.29, 0.717) is 0 Å². The van der Waals surface area contributed by atoms with Gasteiger partial charge >= 0.3 is 0 Å². The zero-order valence-corrected chi connectivity index (χ0v) is 9.92. The quantitative estimate of drug-likeness (QED) is 0.767. The number of nitrogens with zero attached hydrogens (tertiary/aromatic N) is 2. The van der Waals surface area contributed by atoms with Gasteiger partial charge in [-0.05, 0) is 25.7 Å². The van der Waals surface area contributed by atoms with Gasteiger partial charge in [-0.15, -0.1) is 0 Å². The molecule has 0 spiro atoms. The molecule has 5 nitrogen and oxygen atoms in total. The monoisotopic (exact) mass is 231 g/mol. The maximum Gasteiger partial charge on any atom is 0.279 e. The number of nitrogens with one attached hydrogen (secondary N) is 1. The summed E-state index contributed by atoms with van der Waals surface area (Å²) in [5.41, 5.74) is 0. The first-order valence-electron chi connectivity index (χ1n) is 5.05. The molecule has 0 aromatic heterocycles. The maximum atomic E-state index is 11.5. The van der Waals surface area contributed by atoms with E-state index in [1.54, 1.807) is 0 Å². The Morgan fingerprint density at radius 3 is 2.20 bits per heavy atom. The number of hydrogen-bond donors (Lipinski definition) is 1. The van der Waals surface area contributed by atoms with Crippen LogP contribution in [0.25, 0.3) is 0 Å². The molecule has 0 bridgehead atoms. The lowest BCUT2D eigenvalue weighted by Crippen LogP contribution is -2.43. The van der Waals surface area contributed by atoms with Gasteiger partial charge in [0, 0.05) is 26.1 Å². The average molecular weight is 231 g/mol. The first-order chi connectivity index (χ1) is 6.95. The molecular weight excluding hydrogens is 214 g/mol. The molecule has 1 saturated carbocycles. The van der Waals surface area contributed by atoms with Crippen molar-refractivity contribution in [1.82, 2.24) is 9.03 Å². The van der Waals surface area contributed by atoms with E-state index in [-0.39, 0.29) is 12.0 Å². The van der Waals surface area contributed by atoms with Crippen molar-refractivity contribution < 1.29 is 8.42 Å². The lowest BCUT2D eigenvalue weighted by molar-refractivity contribution is 0.356. The van der Waals surface area contributed by atoms with Crippen LogP contribution < -0.4 is 4.72 Å². The van der Waals surface area contributed by atoms with E-state index in [1.807, 2.05) is 0 Å². The van der Waals surface area contributed by atoms with E-state index in [0.717, 1.165) is 25.7 Å². The van der Waals surface area contributed by atoms with Crippen LogP contribution in [0.15, 0.2) is 0 Å². The normalized spacial score (nSPS) is 27.6. The van der Waals surface area contributed by atoms with E-state index >= 15 is 0 Å². The van der Waals surface area contributed by atoms with Crippen LogP contribution in [0.2, 0.25) is 0 Å². The van der Waals surface area contributed by atoms with E-state index < -0.39 is 10.2 Å². The zero-order chi connectivity index (χ0) is 11.5. The van der Waals surface area contributed by atoms with Crippen LogP contribution in [0.1, 0.15) is 25.7 Å². The number of nitriles is 1. The van der Waals surface area contributed by atoms with Crippen LogP contribution in [-0.2, 0) is 10.2 Å². The number of rotatable bonds is 3. The van der Waals surface area contributed by atoms with Crippen molar-refractivity contribution in [1.29, 1.82) is 5.26 Å². The van der Waals surface area contributed by atoms with Gasteiger partial charge in [-0.2, -0.15) is 22.7 Å². The fourth-order valence-corrected chi connectivity index (χ4v) is 2.52. The Labute approximate surface area is 91.3 Å². The van der Waals surface area contributed by atoms with Crippen molar-refractivity contribution in [2.45, 2.75) is 31.7 Å². The minimum Gasteiger partial charge on any atom is -0.199 e. The second kappa shape index (κ2) is 4.92. The lowest BCUT2D eigenvalue weighted by atomic mass is 9.88. The van der Waals surface area contributed by atoms with Crippen molar-refractivity contribution in [3.8, 4) is 6.07 Å². The molecule has 1 aliphatic rings. The smallest absolute Gasteiger partial charge is 0.199 e. The van der Waals surface area contributed by atoms with Gasteiger partial charge in [0.05, 0.1) is 6.07 Å². The predicted octanol–water partition coefficient (Wildman–Crippen LogP) is 0.465. The Balaban J connectivity index is 2.47. The third kappa shape index (κ3) is 3.45. The predicted molar refractivity (Wildman–Crippen MR) is 57.1 cm³/mol. The Hall–Kier alpha value is -0.640. The molecule has 0 atom stereocenters. The Kier molecular flexibility index (Phi) is 4.08. The second-order valence-electron chi connectivity index (χ2n) is 4.08. The minimum atomic E-state index is -3.32. The van der Waals surface area contributed by atoms with E-state index in [9.17, 15) is 8.42 Å². The molecule has 6 heteroatoms. The average Bonchev–Trinajstić information content (AvgIpc) is 2.18. The SMILES string of the molecule is CN(C)S(=O)(=O)NC1CCC(C#N)CC1. The Morgan fingerprint density at radius 2 is 1.80 bits per heavy atom. The molecule has 0 unspecified atom stereocenters. The van der Waals surface area contributed by atoms with Gasteiger partial charge in [0.15, 0.2) is 0 Å².